The summed E-state index contributed by atoms with van der Waals surface area (Å²) in [7, 11) is 0. The quantitative estimate of drug-likeness (QED) is 0.843. The number of halogens is 1. The Hall–Kier alpha value is -1.92. The zero-order chi connectivity index (χ0) is 17.8. The number of aromatic nitrogens is 2. The molecule has 1 aromatic heterocycles. The first-order valence-electron chi connectivity index (χ1n) is 8.96. The molecule has 1 saturated heterocycles. The van der Waals surface area contributed by atoms with Gasteiger partial charge in [-0.15, -0.1) is 0 Å². The number of aliphatic hydroxyl groups excluding tert-OH is 1. The first-order valence-corrected chi connectivity index (χ1v) is 8.96. The summed E-state index contributed by atoms with van der Waals surface area (Å²) in [6, 6.07) is 7.32. The summed E-state index contributed by atoms with van der Waals surface area (Å²) in [5.74, 6) is -0.153. The van der Waals surface area contributed by atoms with E-state index >= 15 is 0 Å². The third-order valence-electron chi connectivity index (χ3n) is 5.03. The fourth-order valence-electron chi connectivity index (χ4n) is 3.62. The Bertz CT molecular complexity index is 715. The number of piperidine rings is 1. The summed E-state index contributed by atoms with van der Waals surface area (Å²) >= 11 is 0. The van der Waals surface area contributed by atoms with E-state index in [2.05, 4.69) is 15.3 Å². The second kappa shape index (κ2) is 7.97. The molecule has 136 valence electrons. The summed E-state index contributed by atoms with van der Waals surface area (Å²) in [5.41, 5.74) is 3.98. The molecule has 1 fully saturated rings. The van der Waals surface area contributed by atoms with Crippen molar-refractivity contribution in [2.75, 3.05) is 24.6 Å². The lowest BCUT2D eigenvalue weighted by atomic mass is 10.0. The van der Waals surface area contributed by atoms with Crippen LogP contribution in [0.15, 0.2) is 24.3 Å². The lowest BCUT2D eigenvalue weighted by Gasteiger charge is -2.35. The molecule has 0 spiro atoms. The molecule has 0 saturated carbocycles. The number of hydrogen-bond acceptors (Lipinski definition) is 4. The Morgan fingerprint density at radius 3 is 2.88 bits per heavy atom. The van der Waals surface area contributed by atoms with Crippen LogP contribution in [0, 0.1) is 19.7 Å². The van der Waals surface area contributed by atoms with Crippen LogP contribution < -0.4 is 10.2 Å². The van der Waals surface area contributed by atoms with Crippen molar-refractivity contribution in [1.29, 1.82) is 0 Å². The number of benzene rings is 1. The number of anilines is 1. The van der Waals surface area contributed by atoms with Gasteiger partial charge in [-0.2, -0.15) is 5.10 Å². The summed E-state index contributed by atoms with van der Waals surface area (Å²) in [6.07, 6.45) is 2.14. The summed E-state index contributed by atoms with van der Waals surface area (Å²) in [4.78, 5) is 2.13. The molecule has 2 aromatic rings. The maximum Gasteiger partial charge on any atom is 0.146 e. The normalized spacial score (nSPS) is 17.9. The molecule has 25 heavy (non-hydrogen) atoms. The summed E-state index contributed by atoms with van der Waals surface area (Å²) in [6.45, 7) is 7.12. The van der Waals surface area contributed by atoms with Gasteiger partial charge in [-0.3, -0.25) is 4.68 Å². The number of nitrogens with zero attached hydrogens (tertiary/aromatic N) is 3. The highest BCUT2D eigenvalue weighted by atomic mass is 19.1. The first kappa shape index (κ1) is 17.9. The van der Waals surface area contributed by atoms with Crippen molar-refractivity contribution >= 4 is 5.69 Å². The number of rotatable bonds is 6. The molecule has 0 bridgehead atoms. The van der Waals surface area contributed by atoms with Gasteiger partial charge in [0.05, 0.1) is 24.5 Å². The lowest BCUT2D eigenvalue weighted by Crippen LogP contribution is -2.45. The van der Waals surface area contributed by atoms with Crippen LogP contribution in [0.3, 0.4) is 0 Å². The number of nitrogens with one attached hydrogen (secondary N) is 1. The fourth-order valence-corrected chi connectivity index (χ4v) is 3.62. The van der Waals surface area contributed by atoms with Gasteiger partial charge in [-0.25, -0.2) is 4.39 Å². The van der Waals surface area contributed by atoms with E-state index in [1.54, 1.807) is 6.07 Å². The van der Waals surface area contributed by atoms with Gasteiger partial charge in [0.2, 0.25) is 0 Å². The summed E-state index contributed by atoms with van der Waals surface area (Å²) in [5, 5.41) is 17.2. The van der Waals surface area contributed by atoms with Crippen LogP contribution in [0.25, 0.3) is 0 Å². The van der Waals surface area contributed by atoms with Crippen molar-refractivity contribution in [3.8, 4) is 0 Å². The van der Waals surface area contributed by atoms with Gasteiger partial charge in [-0.1, -0.05) is 12.1 Å². The van der Waals surface area contributed by atoms with Gasteiger partial charge < -0.3 is 15.3 Å². The predicted octanol–water partition coefficient (Wildman–Crippen LogP) is 2.39. The molecule has 1 aliphatic heterocycles. The van der Waals surface area contributed by atoms with Crippen LogP contribution in [0.2, 0.25) is 0 Å². The van der Waals surface area contributed by atoms with E-state index < -0.39 is 0 Å². The Balaban J connectivity index is 1.63. The van der Waals surface area contributed by atoms with Gasteiger partial charge in [0.15, 0.2) is 0 Å². The van der Waals surface area contributed by atoms with E-state index in [0.29, 0.717) is 18.3 Å². The predicted molar refractivity (Wildman–Crippen MR) is 97.3 cm³/mol. The second-order valence-electron chi connectivity index (χ2n) is 6.71. The van der Waals surface area contributed by atoms with Crippen LogP contribution in [0.4, 0.5) is 10.1 Å². The minimum absolute atomic E-state index is 0.0923. The van der Waals surface area contributed by atoms with E-state index in [1.807, 2.05) is 30.7 Å². The Morgan fingerprint density at radius 2 is 2.12 bits per heavy atom. The molecule has 1 aromatic carbocycles. The van der Waals surface area contributed by atoms with Crippen LogP contribution in [-0.2, 0) is 13.1 Å². The maximum atomic E-state index is 14.0. The Kier molecular flexibility index (Phi) is 5.71. The molecule has 0 radical (unpaired) electrons. The monoisotopic (exact) mass is 346 g/mol. The molecule has 1 unspecified atom stereocenters. The molecule has 5 nitrogen and oxygen atoms in total. The molecular formula is C19H27FN4O. The van der Waals surface area contributed by atoms with Crippen molar-refractivity contribution < 1.29 is 9.50 Å². The topological polar surface area (TPSA) is 53.3 Å². The number of hydrogen-bond donors (Lipinski definition) is 2. The van der Waals surface area contributed by atoms with Crippen molar-refractivity contribution in [3.05, 3.63) is 47.0 Å². The SMILES string of the molecule is Cc1nn(CCO)c(C)c1CNC1CCCN(c2ccccc2F)C1. The van der Waals surface area contributed by atoms with E-state index in [1.165, 1.54) is 11.6 Å². The van der Waals surface area contributed by atoms with Gasteiger partial charge in [-0.05, 0) is 38.8 Å². The number of aliphatic hydroxyl groups is 1. The van der Waals surface area contributed by atoms with Gasteiger partial charge >= 0.3 is 0 Å². The van der Waals surface area contributed by atoms with Gasteiger partial charge in [0.25, 0.3) is 0 Å². The van der Waals surface area contributed by atoms with Crippen LogP contribution in [-0.4, -0.2) is 40.6 Å². The first-order chi connectivity index (χ1) is 12.1. The molecule has 1 aliphatic rings. The largest absolute Gasteiger partial charge is 0.394 e. The van der Waals surface area contributed by atoms with Crippen molar-refractivity contribution in [2.24, 2.45) is 0 Å². The third-order valence-corrected chi connectivity index (χ3v) is 5.03. The van der Waals surface area contributed by atoms with E-state index in [9.17, 15) is 4.39 Å². The fraction of sp³-hybridized carbons (Fsp3) is 0.526. The molecular weight excluding hydrogens is 319 g/mol. The molecule has 0 aliphatic carbocycles. The standard InChI is InChI=1S/C19H27FN4O/c1-14-17(15(2)24(22-14)10-11-25)12-21-16-6-5-9-23(13-16)19-8-4-3-7-18(19)20/h3-4,7-8,16,21,25H,5-6,9-13H2,1-2H3. The van der Waals surface area contributed by atoms with E-state index in [4.69, 9.17) is 5.11 Å². The smallest absolute Gasteiger partial charge is 0.146 e. The van der Waals surface area contributed by atoms with Crippen molar-refractivity contribution in [1.82, 2.24) is 15.1 Å². The summed E-state index contributed by atoms with van der Waals surface area (Å²) < 4.78 is 15.9. The van der Waals surface area contributed by atoms with Gasteiger partial charge in [0, 0.05) is 36.9 Å². The average molecular weight is 346 g/mol. The number of para-hydroxylation sites is 1. The molecule has 2 N–H and O–H groups in total. The highest BCUT2D eigenvalue weighted by Crippen LogP contribution is 2.23. The minimum atomic E-state index is -0.153. The number of aryl methyl sites for hydroxylation is 1. The Morgan fingerprint density at radius 1 is 1.32 bits per heavy atom. The zero-order valence-electron chi connectivity index (χ0n) is 15.0. The van der Waals surface area contributed by atoms with Crippen LogP contribution in [0.1, 0.15) is 29.8 Å². The zero-order valence-corrected chi connectivity index (χ0v) is 15.0. The van der Waals surface area contributed by atoms with Gasteiger partial charge in [0.1, 0.15) is 5.82 Å². The Labute approximate surface area is 148 Å². The maximum absolute atomic E-state index is 14.0. The molecule has 0 amide bonds. The highest BCUT2D eigenvalue weighted by Gasteiger charge is 2.22. The van der Waals surface area contributed by atoms with Crippen LogP contribution >= 0.6 is 0 Å². The molecule has 3 rings (SSSR count). The lowest BCUT2D eigenvalue weighted by molar-refractivity contribution is 0.267. The molecule has 6 heteroatoms. The average Bonchev–Trinajstić information content (AvgIpc) is 2.88. The molecule has 1 atom stereocenters. The minimum Gasteiger partial charge on any atom is -0.394 e. The van der Waals surface area contributed by atoms with Crippen LogP contribution in [0.5, 0.6) is 0 Å². The van der Waals surface area contributed by atoms with Crippen molar-refractivity contribution in [2.45, 2.75) is 45.8 Å². The van der Waals surface area contributed by atoms with E-state index in [-0.39, 0.29) is 12.4 Å². The van der Waals surface area contributed by atoms with E-state index in [0.717, 1.165) is 43.9 Å². The molecule has 2 heterocycles. The highest BCUT2D eigenvalue weighted by molar-refractivity contribution is 5.48. The third kappa shape index (κ3) is 4.02. The van der Waals surface area contributed by atoms with Crippen molar-refractivity contribution in [3.63, 3.8) is 0 Å². The second-order valence-corrected chi connectivity index (χ2v) is 6.71.